The van der Waals surface area contributed by atoms with Gasteiger partial charge in [-0.3, -0.25) is 19.6 Å². The molecule has 134 valence electrons. The molecule has 0 spiro atoms. The quantitative estimate of drug-likeness (QED) is 0.768. The maximum absolute atomic E-state index is 14.0. The number of amides is 1. The summed E-state index contributed by atoms with van der Waals surface area (Å²) < 4.78 is 15.3. The number of likely N-dealkylation sites (N-methyl/N-ethyl adjacent to an activating group) is 1. The summed E-state index contributed by atoms with van der Waals surface area (Å²) in [7, 11) is 1.81. The van der Waals surface area contributed by atoms with E-state index in [4.69, 9.17) is 0 Å². The summed E-state index contributed by atoms with van der Waals surface area (Å²) in [5.41, 5.74) is 1.23. The second kappa shape index (κ2) is 6.38. The minimum Gasteiger partial charge on any atom is -0.308 e. The Bertz CT molecular complexity index is 1030. The van der Waals surface area contributed by atoms with Crippen molar-refractivity contribution in [2.24, 2.45) is 0 Å². The fourth-order valence-corrected chi connectivity index (χ4v) is 3.41. The minimum atomic E-state index is -0.406. The van der Waals surface area contributed by atoms with Gasteiger partial charge in [0.25, 0.3) is 5.56 Å². The van der Waals surface area contributed by atoms with Gasteiger partial charge in [0.1, 0.15) is 5.82 Å². The lowest BCUT2D eigenvalue weighted by Crippen LogP contribution is -2.39. The Balaban J connectivity index is 1.53. The lowest BCUT2D eigenvalue weighted by molar-refractivity contribution is -0.121. The molecule has 0 unspecified atom stereocenters. The van der Waals surface area contributed by atoms with E-state index in [-0.39, 0.29) is 17.5 Å². The molecule has 7 nitrogen and oxygen atoms in total. The number of benzene rings is 1. The van der Waals surface area contributed by atoms with Crippen LogP contribution in [-0.4, -0.2) is 45.0 Å². The zero-order valence-corrected chi connectivity index (χ0v) is 14.2. The van der Waals surface area contributed by atoms with Gasteiger partial charge in [-0.2, -0.15) is 0 Å². The third-order valence-corrected chi connectivity index (χ3v) is 4.70. The van der Waals surface area contributed by atoms with Crippen molar-refractivity contribution >= 4 is 17.2 Å². The van der Waals surface area contributed by atoms with Crippen molar-refractivity contribution in [1.29, 1.82) is 0 Å². The van der Waals surface area contributed by atoms with Crippen LogP contribution in [0.3, 0.4) is 0 Å². The van der Waals surface area contributed by atoms with Crippen LogP contribution < -0.4 is 10.5 Å². The molecule has 0 bridgehead atoms. The van der Waals surface area contributed by atoms with Gasteiger partial charge in [0.2, 0.25) is 5.91 Å². The number of hydrogen-bond acceptors (Lipinski definition) is 4. The summed E-state index contributed by atoms with van der Waals surface area (Å²) in [5.74, 6) is -0.547. The van der Waals surface area contributed by atoms with Gasteiger partial charge in [0, 0.05) is 31.4 Å². The number of halogens is 1. The molecule has 1 fully saturated rings. The zero-order chi connectivity index (χ0) is 18.3. The number of H-pyrrole nitrogens is 1. The first-order valence-electron chi connectivity index (χ1n) is 8.37. The van der Waals surface area contributed by atoms with Crippen LogP contribution >= 0.6 is 0 Å². The second-order valence-corrected chi connectivity index (χ2v) is 6.40. The number of nitrogens with zero attached hydrogens (tertiary/aromatic N) is 4. The highest BCUT2D eigenvalue weighted by molar-refractivity contribution is 5.99. The van der Waals surface area contributed by atoms with E-state index in [1.54, 1.807) is 30.5 Å². The molecule has 1 N–H and O–H groups in total. The largest absolute Gasteiger partial charge is 0.308 e. The third kappa shape index (κ3) is 2.78. The van der Waals surface area contributed by atoms with Crippen LogP contribution in [0.15, 0.2) is 47.4 Å². The number of rotatable bonds is 4. The molecule has 1 amide bonds. The average Bonchev–Trinajstić information content (AvgIpc) is 3.22. The molecule has 1 aromatic carbocycles. The van der Waals surface area contributed by atoms with E-state index in [0.29, 0.717) is 36.5 Å². The van der Waals surface area contributed by atoms with E-state index in [9.17, 15) is 14.0 Å². The summed E-state index contributed by atoms with van der Waals surface area (Å²) in [5, 5.41) is 2.79. The van der Waals surface area contributed by atoms with Crippen molar-refractivity contribution in [3.63, 3.8) is 0 Å². The highest BCUT2D eigenvalue weighted by Crippen LogP contribution is 2.26. The summed E-state index contributed by atoms with van der Waals surface area (Å²) >= 11 is 0. The van der Waals surface area contributed by atoms with E-state index >= 15 is 0 Å². The molecule has 4 rings (SSSR count). The van der Waals surface area contributed by atoms with Gasteiger partial charge < -0.3 is 4.90 Å². The lowest BCUT2D eigenvalue weighted by Gasteiger charge is -2.23. The Morgan fingerprint density at radius 2 is 2.12 bits per heavy atom. The van der Waals surface area contributed by atoms with Crippen molar-refractivity contribution in [3.8, 4) is 0 Å². The maximum atomic E-state index is 14.0. The fourth-order valence-electron chi connectivity index (χ4n) is 3.41. The standard InChI is InChI=1S/C18H18FN5O2/c1-22(11-12-10-17(25)24-16(21-12)6-8-20-24)15-7-9-23(18(15)26)14-5-3-2-4-13(14)19/h2-6,8,10,15,20H,7,9,11H2,1H3/t15-/m0/s1. The number of para-hydroxylation sites is 1. The minimum absolute atomic E-state index is 0.142. The Labute approximate surface area is 148 Å². The number of aromatic amines is 1. The van der Waals surface area contributed by atoms with Gasteiger partial charge in [-0.25, -0.2) is 13.9 Å². The smallest absolute Gasteiger partial charge is 0.272 e. The number of hydrogen-bond donors (Lipinski definition) is 1. The predicted molar refractivity (Wildman–Crippen MR) is 94.4 cm³/mol. The molecule has 2 aromatic heterocycles. The summed E-state index contributed by atoms with van der Waals surface area (Å²) in [4.78, 5) is 32.6. The number of nitrogens with one attached hydrogen (secondary N) is 1. The van der Waals surface area contributed by atoms with Crippen LogP contribution in [0, 0.1) is 5.82 Å². The Morgan fingerprint density at radius 1 is 1.31 bits per heavy atom. The number of carbonyl (C=O) groups is 1. The van der Waals surface area contributed by atoms with Crippen LogP contribution in [0.2, 0.25) is 0 Å². The number of anilines is 1. The fraction of sp³-hybridized carbons (Fsp3) is 0.278. The topological polar surface area (TPSA) is 73.7 Å². The normalized spacial score (nSPS) is 17.6. The lowest BCUT2D eigenvalue weighted by atomic mass is 10.2. The molecular formula is C18H18FN5O2. The van der Waals surface area contributed by atoms with Crippen molar-refractivity contribution in [2.75, 3.05) is 18.5 Å². The summed E-state index contributed by atoms with van der Waals surface area (Å²) in [6.45, 7) is 0.820. The van der Waals surface area contributed by atoms with Crippen LogP contribution in [0.1, 0.15) is 12.1 Å². The van der Waals surface area contributed by atoms with E-state index in [1.165, 1.54) is 21.5 Å². The SMILES string of the molecule is CN(Cc1cc(=O)n2[nH]ccc2n1)[C@H]1CCN(c2ccccc2F)C1=O. The highest BCUT2D eigenvalue weighted by atomic mass is 19.1. The predicted octanol–water partition coefficient (Wildman–Crippen LogP) is 1.40. The molecule has 3 heterocycles. The van der Waals surface area contributed by atoms with Crippen LogP contribution in [0.5, 0.6) is 0 Å². The van der Waals surface area contributed by atoms with Crippen LogP contribution in [0.4, 0.5) is 10.1 Å². The number of carbonyl (C=O) groups excluding carboxylic acids is 1. The molecule has 0 radical (unpaired) electrons. The first-order chi connectivity index (χ1) is 12.5. The van der Waals surface area contributed by atoms with Crippen molar-refractivity contribution in [1.82, 2.24) is 19.5 Å². The first-order valence-corrected chi connectivity index (χ1v) is 8.37. The molecule has 26 heavy (non-hydrogen) atoms. The van der Waals surface area contributed by atoms with Gasteiger partial charge >= 0.3 is 0 Å². The van der Waals surface area contributed by atoms with Gasteiger partial charge in [0.15, 0.2) is 5.65 Å². The average molecular weight is 355 g/mol. The summed E-state index contributed by atoms with van der Waals surface area (Å²) in [6, 6.07) is 9.07. The molecular weight excluding hydrogens is 337 g/mol. The Hall–Kier alpha value is -3.00. The Kier molecular flexibility index (Phi) is 4.04. The molecule has 0 aliphatic carbocycles. The van der Waals surface area contributed by atoms with E-state index in [1.807, 2.05) is 11.9 Å². The van der Waals surface area contributed by atoms with Crippen molar-refractivity contribution < 1.29 is 9.18 Å². The maximum Gasteiger partial charge on any atom is 0.272 e. The zero-order valence-electron chi connectivity index (χ0n) is 14.2. The van der Waals surface area contributed by atoms with E-state index in [2.05, 4.69) is 10.1 Å². The molecule has 8 heteroatoms. The van der Waals surface area contributed by atoms with Crippen LogP contribution in [0.25, 0.3) is 5.65 Å². The first kappa shape index (κ1) is 16.5. The monoisotopic (exact) mass is 355 g/mol. The molecule has 1 saturated heterocycles. The van der Waals surface area contributed by atoms with E-state index in [0.717, 1.165) is 0 Å². The van der Waals surface area contributed by atoms with Gasteiger partial charge in [-0.05, 0) is 25.6 Å². The van der Waals surface area contributed by atoms with Gasteiger partial charge in [-0.1, -0.05) is 12.1 Å². The molecule has 3 aromatic rings. The van der Waals surface area contributed by atoms with Crippen LogP contribution in [-0.2, 0) is 11.3 Å². The van der Waals surface area contributed by atoms with E-state index < -0.39 is 5.82 Å². The summed E-state index contributed by atoms with van der Waals surface area (Å²) in [6.07, 6.45) is 2.24. The van der Waals surface area contributed by atoms with Crippen molar-refractivity contribution in [2.45, 2.75) is 19.0 Å². The molecule has 0 saturated carbocycles. The Morgan fingerprint density at radius 3 is 2.92 bits per heavy atom. The second-order valence-electron chi connectivity index (χ2n) is 6.40. The van der Waals surface area contributed by atoms with Crippen molar-refractivity contribution in [3.05, 3.63) is 64.5 Å². The van der Waals surface area contributed by atoms with Gasteiger partial charge in [-0.15, -0.1) is 0 Å². The van der Waals surface area contributed by atoms with Gasteiger partial charge in [0.05, 0.1) is 17.4 Å². The molecule has 1 aliphatic heterocycles. The molecule has 1 aliphatic rings. The molecule has 1 atom stereocenters. The number of fused-ring (bicyclic) bond motifs is 1. The number of aromatic nitrogens is 3. The highest BCUT2D eigenvalue weighted by Gasteiger charge is 2.36. The third-order valence-electron chi connectivity index (χ3n) is 4.70.